The van der Waals surface area contributed by atoms with Crippen molar-refractivity contribution in [2.45, 2.75) is 58.8 Å². The van der Waals surface area contributed by atoms with E-state index in [-0.39, 0.29) is 10.8 Å². The topological polar surface area (TPSA) is 118 Å². The molecule has 2 aromatic rings. The number of rotatable bonds is 10. The molecule has 0 saturated carbocycles. The number of aromatic nitrogens is 2. The quantitative estimate of drug-likeness (QED) is 0.128. The van der Waals surface area contributed by atoms with E-state index in [9.17, 15) is 4.79 Å². The molecule has 4 N–H and O–H groups in total. The Balaban J connectivity index is 1.90. The number of esters is 1. The molecule has 182 valence electrons. The maximum atomic E-state index is 12.8. The van der Waals surface area contributed by atoms with Crippen LogP contribution in [0.5, 0.6) is 0 Å². The normalized spacial score (nSPS) is 15.0. The van der Waals surface area contributed by atoms with Crippen molar-refractivity contribution in [3.8, 4) is 0 Å². The van der Waals surface area contributed by atoms with Crippen LogP contribution in [0.15, 0.2) is 47.1 Å². The van der Waals surface area contributed by atoms with E-state index in [1.807, 2.05) is 28.8 Å². The van der Waals surface area contributed by atoms with E-state index >= 15 is 0 Å². The summed E-state index contributed by atoms with van der Waals surface area (Å²) in [6, 6.07) is 8.09. The number of methoxy groups -OCH3 is 1. The van der Waals surface area contributed by atoms with Crippen LogP contribution in [0.2, 0.25) is 5.15 Å². The highest BCUT2D eigenvalue weighted by atomic mass is 35.5. The predicted octanol–water partition coefficient (Wildman–Crippen LogP) is 4.41. The number of unbranched alkanes of at least 4 members (excludes halogenated alkanes) is 1. The number of ether oxygens (including phenoxy) is 2. The lowest BCUT2D eigenvalue weighted by Gasteiger charge is -2.17. The van der Waals surface area contributed by atoms with Crippen molar-refractivity contribution in [3.63, 3.8) is 0 Å². The second kappa shape index (κ2) is 11.9. The third-order valence-corrected chi connectivity index (χ3v) is 5.99. The molecule has 0 amide bonds. The first-order chi connectivity index (χ1) is 16.4. The van der Waals surface area contributed by atoms with Gasteiger partial charge in [-0.3, -0.25) is 0 Å². The Morgan fingerprint density at radius 1 is 1.26 bits per heavy atom. The number of halogens is 1. The predicted molar refractivity (Wildman–Crippen MR) is 134 cm³/mol. The number of benzene rings is 1. The van der Waals surface area contributed by atoms with Crippen LogP contribution in [0.25, 0.3) is 5.57 Å². The second-order valence-electron chi connectivity index (χ2n) is 8.09. The van der Waals surface area contributed by atoms with Gasteiger partial charge in [-0.15, -0.1) is 0 Å². The molecular formula is C25H32ClN5O3. The van der Waals surface area contributed by atoms with E-state index in [0.29, 0.717) is 18.8 Å². The van der Waals surface area contributed by atoms with Gasteiger partial charge in [0.2, 0.25) is 0 Å². The van der Waals surface area contributed by atoms with Gasteiger partial charge in [0.1, 0.15) is 5.82 Å². The monoisotopic (exact) mass is 485 g/mol. The van der Waals surface area contributed by atoms with E-state index in [1.165, 1.54) is 7.11 Å². The van der Waals surface area contributed by atoms with Crippen LogP contribution in [0, 0.1) is 0 Å². The number of nitrogens with zero attached hydrogens (tertiary/aromatic N) is 3. The van der Waals surface area contributed by atoms with Gasteiger partial charge < -0.3 is 25.6 Å². The van der Waals surface area contributed by atoms with Gasteiger partial charge in [0.25, 0.3) is 0 Å². The molecule has 3 rings (SSSR count). The molecule has 0 radical (unpaired) electrons. The zero-order chi connectivity index (χ0) is 24.7. The van der Waals surface area contributed by atoms with Crippen LogP contribution in [0.3, 0.4) is 0 Å². The van der Waals surface area contributed by atoms with Crippen LogP contribution >= 0.6 is 11.6 Å². The first-order valence-electron chi connectivity index (χ1n) is 11.4. The number of hydrazone groups is 1. The molecule has 1 aromatic carbocycles. The number of aryl methyl sites for hydroxylation is 1. The van der Waals surface area contributed by atoms with Gasteiger partial charge in [0.05, 0.1) is 0 Å². The zero-order valence-electron chi connectivity index (χ0n) is 19.9. The zero-order valence-corrected chi connectivity index (χ0v) is 20.6. The van der Waals surface area contributed by atoms with Crippen LogP contribution < -0.4 is 11.6 Å². The molecule has 1 aliphatic rings. The standard InChI is InChI=1S/C25H32ClN5O3/c1-4-5-10-21-29-23(26)22(25(32)34-16(2)33-3)31(21)15-17-11-13-18(14-12-17)19-8-6-7-9-20(19)24(27)30-28/h8-9,11-14,16H,4-7,10,15,28H2,1-3H3,(H2,27,30). The Morgan fingerprint density at radius 3 is 2.62 bits per heavy atom. The highest BCUT2D eigenvalue weighted by Crippen LogP contribution is 2.29. The van der Waals surface area contributed by atoms with Crippen molar-refractivity contribution < 1.29 is 14.3 Å². The van der Waals surface area contributed by atoms with Crippen LogP contribution in [0.4, 0.5) is 0 Å². The van der Waals surface area contributed by atoms with Crippen molar-refractivity contribution in [2.24, 2.45) is 16.7 Å². The summed E-state index contributed by atoms with van der Waals surface area (Å²) in [5, 5.41) is 3.79. The number of nitrogens with two attached hydrogens (primary N) is 2. The first kappa shape index (κ1) is 25.5. The van der Waals surface area contributed by atoms with Crippen molar-refractivity contribution >= 4 is 29.0 Å². The molecule has 1 aliphatic carbocycles. The molecule has 0 saturated heterocycles. The van der Waals surface area contributed by atoms with Crippen molar-refractivity contribution in [1.82, 2.24) is 9.55 Å². The lowest BCUT2D eigenvalue weighted by atomic mass is 9.91. The molecular weight excluding hydrogens is 454 g/mol. The van der Waals surface area contributed by atoms with Crippen molar-refractivity contribution in [2.75, 3.05) is 7.11 Å². The van der Waals surface area contributed by atoms with Gasteiger partial charge in [0, 0.05) is 25.6 Å². The number of allylic oxidation sites excluding steroid dienone is 2. The van der Waals surface area contributed by atoms with E-state index in [2.05, 4.69) is 29.2 Å². The number of carbonyl (C=O) groups is 1. The molecule has 0 aliphatic heterocycles. The maximum Gasteiger partial charge on any atom is 0.360 e. The van der Waals surface area contributed by atoms with Gasteiger partial charge in [0.15, 0.2) is 23.0 Å². The van der Waals surface area contributed by atoms with Crippen LogP contribution in [-0.4, -0.2) is 34.8 Å². The molecule has 8 nitrogen and oxygen atoms in total. The fourth-order valence-corrected chi connectivity index (χ4v) is 4.12. The maximum absolute atomic E-state index is 12.8. The number of imidazole rings is 1. The number of carbonyl (C=O) groups excluding carboxylic acids is 1. The highest BCUT2D eigenvalue weighted by Gasteiger charge is 2.25. The van der Waals surface area contributed by atoms with Crippen molar-refractivity contribution in [1.29, 1.82) is 0 Å². The SMILES string of the molecule is CCCCc1nc(Cl)c(C(=O)OC(C)OC)n1Cc1ccc(C2=CCCC=C2/C(N)=N/N)cc1. The molecule has 1 aromatic heterocycles. The molecule has 9 heteroatoms. The summed E-state index contributed by atoms with van der Waals surface area (Å²) in [7, 11) is 1.47. The highest BCUT2D eigenvalue weighted by molar-refractivity contribution is 6.32. The van der Waals surface area contributed by atoms with Crippen LogP contribution in [-0.2, 0) is 22.4 Å². The third-order valence-electron chi connectivity index (χ3n) is 5.73. The van der Waals surface area contributed by atoms with E-state index < -0.39 is 12.3 Å². The number of hydrogen-bond acceptors (Lipinski definition) is 6. The second-order valence-corrected chi connectivity index (χ2v) is 8.45. The lowest BCUT2D eigenvalue weighted by molar-refractivity contribution is -0.0778. The summed E-state index contributed by atoms with van der Waals surface area (Å²) in [4.78, 5) is 17.3. The molecule has 1 atom stereocenters. The molecule has 0 fully saturated rings. The summed E-state index contributed by atoms with van der Waals surface area (Å²) >= 11 is 6.38. The average Bonchev–Trinajstić information content (AvgIpc) is 3.16. The molecule has 0 spiro atoms. The molecule has 1 heterocycles. The van der Waals surface area contributed by atoms with E-state index in [4.69, 9.17) is 32.7 Å². The van der Waals surface area contributed by atoms with Crippen molar-refractivity contribution in [3.05, 3.63) is 69.8 Å². The Labute approximate surface area is 205 Å². The smallest absolute Gasteiger partial charge is 0.360 e. The van der Waals surface area contributed by atoms with Gasteiger partial charge in [-0.25, -0.2) is 9.78 Å². The third kappa shape index (κ3) is 5.87. The van der Waals surface area contributed by atoms with E-state index in [0.717, 1.165) is 53.8 Å². The largest absolute Gasteiger partial charge is 0.431 e. The summed E-state index contributed by atoms with van der Waals surface area (Å²) in [6.45, 7) is 4.18. The van der Waals surface area contributed by atoms with Gasteiger partial charge in [-0.1, -0.05) is 61.4 Å². The minimum atomic E-state index is -0.694. The minimum absolute atomic E-state index is 0.134. The Morgan fingerprint density at radius 2 is 1.97 bits per heavy atom. The summed E-state index contributed by atoms with van der Waals surface area (Å²) in [6.07, 6.45) is 7.98. The van der Waals surface area contributed by atoms with Gasteiger partial charge >= 0.3 is 5.97 Å². The molecule has 1 unspecified atom stereocenters. The van der Waals surface area contributed by atoms with Crippen LogP contribution in [0.1, 0.15) is 67.0 Å². The Bertz CT molecular complexity index is 1100. The Kier molecular flexibility index (Phi) is 8.90. The summed E-state index contributed by atoms with van der Waals surface area (Å²) in [5.74, 6) is 5.91. The number of hydrogen-bond donors (Lipinski definition) is 2. The fraction of sp³-hybridized carbons (Fsp3) is 0.400. The van der Waals surface area contributed by atoms with E-state index in [1.54, 1.807) is 6.92 Å². The van der Waals surface area contributed by atoms with Gasteiger partial charge in [-0.05, 0) is 42.9 Å². The molecule has 0 bridgehead atoms. The molecule has 34 heavy (non-hydrogen) atoms. The first-order valence-corrected chi connectivity index (χ1v) is 11.8. The van der Waals surface area contributed by atoms with Gasteiger partial charge in [-0.2, -0.15) is 5.10 Å². The fourth-order valence-electron chi connectivity index (χ4n) is 3.85. The Hall–Kier alpha value is -3.10. The number of amidine groups is 1. The lowest BCUT2D eigenvalue weighted by Crippen LogP contribution is -2.21. The summed E-state index contributed by atoms with van der Waals surface area (Å²) in [5.41, 5.74) is 10.1. The summed E-state index contributed by atoms with van der Waals surface area (Å²) < 4.78 is 12.3. The minimum Gasteiger partial charge on any atom is -0.431 e. The average molecular weight is 486 g/mol.